The van der Waals surface area contributed by atoms with E-state index in [2.05, 4.69) is 12.2 Å². The highest BCUT2D eigenvalue weighted by atomic mass is 16.5. The van der Waals surface area contributed by atoms with Crippen molar-refractivity contribution in [2.75, 3.05) is 0 Å². The Morgan fingerprint density at radius 1 is 0.875 bits per heavy atom. The van der Waals surface area contributed by atoms with Gasteiger partial charge in [0.05, 0.1) is 11.0 Å². The van der Waals surface area contributed by atoms with Crippen molar-refractivity contribution < 1.29 is 39.5 Å². The highest BCUT2D eigenvalue weighted by Gasteiger charge is 2.47. The van der Waals surface area contributed by atoms with E-state index in [1.807, 2.05) is 54.5 Å². The van der Waals surface area contributed by atoms with E-state index < -0.39 is 63.4 Å². The van der Waals surface area contributed by atoms with E-state index in [1.54, 1.807) is 12.2 Å². The maximum atomic E-state index is 13.7. The zero-order valence-corrected chi connectivity index (χ0v) is 30.0. The van der Waals surface area contributed by atoms with Crippen molar-refractivity contribution in [3.8, 4) is 17.2 Å². The first-order chi connectivity index (χ1) is 22.4. The van der Waals surface area contributed by atoms with E-state index in [0.717, 1.165) is 30.9 Å². The summed E-state index contributed by atoms with van der Waals surface area (Å²) in [5, 5.41) is 46.2. The lowest BCUT2D eigenvalue weighted by molar-refractivity contribution is -0.127. The van der Waals surface area contributed by atoms with Crippen molar-refractivity contribution in [2.24, 2.45) is 5.41 Å². The minimum absolute atomic E-state index is 0.0518. The molecule has 2 unspecified atom stereocenters. The molecular weight excluding hydrogens is 608 g/mol. The Balaban J connectivity index is 2.19. The van der Waals surface area contributed by atoms with Crippen LogP contribution in [-0.4, -0.2) is 43.4 Å². The molecule has 1 heterocycles. The van der Waals surface area contributed by atoms with E-state index in [1.165, 1.54) is 12.5 Å². The van der Waals surface area contributed by atoms with Crippen LogP contribution in [0.25, 0.3) is 6.08 Å². The molecule has 3 rings (SSSR count). The first-order valence-electron chi connectivity index (χ1n) is 16.7. The van der Waals surface area contributed by atoms with Gasteiger partial charge in [-0.25, -0.2) is 0 Å². The van der Waals surface area contributed by atoms with Gasteiger partial charge in [-0.2, -0.15) is 0 Å². The second-order valence-corrected chi connectivity index (χ2v) is 14.1. The van der Waals surface area contributed by atoms with E-state index in [-0.39, 0.29) is 40.9 Å². The number of hydrogen-bond acceptors (Lipinski definition) is 8. The van der Waals surface area contributed by atoms with Gasteiger partial charge in [-0.3, -0.25) is 14.4 Å². The van der Waals surface area contributed by atoms with Crippen LogP contribution in [0, 0.1) is 5.41 Å². The third kappa shape index (κ3) is 8.03. The van der Waals surface area contributed by atoms with Gasteiger partial charge in [0.2, 0.25) is 0 Å². The smallest absolute Gasteiger partial charge is 0.183 e. The molecule has 0 amide bonds. The van der Waals surface area contributed by atoms with Gasteiger partial charge in [-0.05, 0) is 106 Å². The SMILES string of the molecule is CCCC(=O)c1c(O)c(CC2=C(O)C(C)(C/C=C(\C)CCC=C(C)C)C(=O)C(C(C)=O)=C2O)c(O)c2c1OC(C)(CCC=C(C)C)C=C2. The number of carbonyl (C=O) groups excluding carboxylic acids is 3. The number of phenolic OH excluding ortho intramolecular Hbond substituents is 2. The quantitative estimate of drug-likeness (QED) is 0.0879. The number of ketones is 3. The molecule has 4 N–H and O–H groups in total. The van der Waals surface area contributed by atoms with Crippen LogP contribution in [0.15, 0.2) is 63.7 Å². The number of aliphatic hydroxyl groups excluding tert-OH is 2. The van der Waals surface area contributed by atoms with Crippen LogP contribution in [0.2, 0.25) is 0 Å². The Morgan fingerprint density at radius 2 is 1.50 bits per heavy atom. The lowest BCUT2D eigenvalue weighted by Gasteiger charge is -2.35. The molecular formula is C40H52O8. The fourth-order valence-corrected chi connectivity index (χ4v) is 6.14. The minimum atomic E-state index is -1.60. The Kier molecular flexibility index (Phi) is 12.1. The normalized spacial score (nSPS) is 20.8. The highest BCUT2D eigenvalue weighted by Crippen LogP contribution is 2.50. The molecule has 0 saturated carbocycles. The number of rotatable bonds is 14. The molecule has 260 valence electrons. The zero-order chi connectivity index (χ0) is 36.1. The van der Waals surface area contributed by atoms with Crippen LogP contribution < -0.4 is 4.74 Å². The van der Waals surface area contributed by atoms with Crippen LogP contribution in [0.1, 0.15) is 129 Å². The van der Waals surface area contributed by atoms with Gasteiger partial charge in [0.1, 0.15) is 45.5 Å². The number of ether oxygens (including phenoxy) is 1. The maximum Gasteiger partial charge on any atom is 0.183 e. The summed E-state index contributed by atoms with van der Waals surface area (Å²) in [5.74, 6) is -3.86. The standard InChI is InChI=1S/C40H52O8/c1-10-13-30(42)32-34(44)28(33(43)27-18-20-39(8,48-36(27)32)19-12-15-24(4)5)22-29-35(45)31(26(7)41)38(47)40(9,37(29)46)21-17-25(6)16-11-14-23(2)3/h14-15,17-18,20,43-46H,10-13,16,19,21-22H2,1-9H3/b25-17+. The Labute approximate surface area is 284 Å². The lowest BCUT2D eigenvalue weighted by atomic mass is 9.70. The van der Waals surface area contributed by atoms with E-state index in [0.29, 0.717) is 19.3 Å². The molecule has 0 spiro atoms. The maximum absolute atomic E-state index is 13.7. The molecule has 0 saturated heterocycles. The number of benzene rings is 1. The number of hydrogen-bond donors (Lipinski definition) is 4. The second-order valence-electron chi connectivity index (χ2n) is 14.1. The summed E-state index contributed by atoms with van der Waals surface area (Å²) in [6, 6.07) is 0. The molecule has 0 bridgehead atoms. The largest absolute Gasteiger partial charge is 0.511 e. The topological polar surface area (TPSA) is 141 Å². The number of aromatic hydroxyl groups is 2. The van der Waals surface area contributed by atoms with Gasteiger partial charge >= 0.3 is 0 Å². The molecule has 48 heavy (non-hydrogen) atoms. The molecule has 0 fully saturated rings. The molecule has 8 heteroatoms. The van der Waals surface area contributed by atoms with Gasteiger partial charge in [0.25, 0.3) is 0 Å². The summed E-state index contributed by atoms with van der Waals surface area (Å²) in [6.07, 6.45) is 12.5. The van der Waals surface area contributed by atoms with Crippen LogP contribution in [0.5, 0.6) is 17.2 Å². The van der Waals surface area contributed by atoms with Gasteiger partial charge in [-0.15, -0.1) is 0 Å². The summed E-state index contributed by atoms with van der Waals surface area (Å²) in [4.78, 5) is 39.9. The molecule has 1 aliphatic heterocycles. The third-order valence-corrected chi connectivity index (χ3v) is 9.14. The van der Waals surface area contributed by atoms with E-state index >= 15 is 0 Å². The average Bonchev–Trinajstić information content (AvgIpc) is 2.98. The van der Waals surface area contributed by atoms with Gasteiger partial charge < -0.3 is 25.2 Å². The van der Waals surface area contributed by atoms with Crippen molar-refractivity contribution in [3.63, 3.8) is 0 Å². The zero-order valence-electron chi connectivity index (χ0n) is 30.0. The number of Topliss-reactive ketones (excluding diaryl/α,β-unsaturated/α-hetero) is 3. The average molecular weight is 661 g/mol. The van der Waals surface area contributed by atoms with Gasteiger partial charge in [0, 0.05) is 24.0 Å². The lowest BCUT2D eigenvalue weighted by Crippen LogP contribution is -2.38. The summed E-state index contributed by atoms with van der Waals surface area (Å²) >= 11 is 0. The predicted octanol–water partition coefficient (Wildman–Crippen LogP) is 9.42. The summed E-state index contributed by atoms with van der Waals surface area (Å²) < 4.78 is 6.36. The van der Waals surface area contributed by atoms with Crippen LogP contribution in [-0.2, 0) is 16.0 Å². The monoisotopic (exact) mass is 660 g/mol. The Bertz CT molecular complexity index is 1670. The fourth-order valence-electron chi connectivity index (χ4n) is 6.14. The number of phenols is 2. The highest BCUT2D eigenvalue weighted by molar-refractivity contribution is 6.23. The number of carbonyl (C=O) groups is 3. The molecule has 2 atom stereocenters. The number of allylic oxidation sites excluding steroid dienone is 9. The Hall–Kier alpha value is -4.33. The number of aliphatic hydroxyl groups is 2. The molecule has 0 aromatic heterocycles. The van der Waals surface area contributed by atoms with E-state index in [4.69, 9.17) is 4.74 Å². The fraction of sp³-hybridized carbons (Fsp3) is 0.475. The van der Waals surface area contributed by atoms with Crippen LogP contribution in [0.3, 0.4) is 0 Å². The Morgan fingerprint density at radius 3 is 2.08 bits per heavy atom. The van der Waals surface area contributed by atoms with Gasteiger partial charge in [-0.1, -0.05) is 41.9 Å². The van der Waals surface area contributed by atoms with Crippen molar-refractivity contribution >= 4 is 23.4 Å². The second kappa shape index (κ2) is 15.3. The molecule has 8 nitrogen and oxygen atoms in total. The van der Waals surface area contributed by atoms with E-state index in [9.17, 15) is 34.8 Å². The van der Waals surface area contributed by atoms with Crippen molar-refractivity contribution in [1.82, 2.24) is 0 Å². The number of fused-ring (bicyclic) bond motifs is 1. The predicted molar refractivity (Wildman–Crippen MR) is 190 cm³/mol. The van der Waals surface area contributed by atoms with Gasteiger partial charge in [0.15, 0.2) is 17.3 Å². The van der Waals surface area contributed by atoms with Crippen molar-refractivity contribution in [3.05, 3.63) is 80.4 Å². The summed E-state index contributed by atoms with van der Waals surface area (Å²) in [5.41, 5.74) is 0.209. The summed E-state index contributed by atoms with van der Waals surface area (Å²) in [6.45, 7) is 16.3. The molecule has 1 aromatic carbocycles. The first-order valence-corrected chi connectivity index (χ1v) is 16.7. The van der Waals surface area contributed by atoms with Crippen molar-refractivity contribution in [1.29, 1.82) is 0 Å². The van der Waals surface area contributed by atoms with Crippen molar-refractivity contribution in [2.45, 2.75) is 119 Å². The van der Waals surface area contributed by atoms with Crippen LogP contribution in [0.4, 0.5) is 0 Å². The first kappa shape index (κ1) is 38.1. The summed E-state index contributed by atoms with van der Waals surface area (Å²) in [7, 11) is 0. The third-order valence-electron chi connectivity index (χ3n) is 9.14. The minimum Gasteiger partial charge on any atom is -0.511 e. The molecule has 2 aliphatic rings. The van der Waals surface area contributed by atoms with Crippen LogP contribution >= 0.6 is 0 Å². The molecule has 1 aliphatic carbocycles. The molecule has 1 aromatic rings. The molecule has 0 radical (unpaired) electrons.